The Morgan fingerprint density at radius 1 is 0.531 bits per heavy atom. The highest BCUT2D eigenvalue weighted by Gasteiger charge is 2.09. The Hall–Kier alpha value is -1.72. The summed E-state index contributed by atoms with van der Waals surface area (Å²) in [6.45, 7) is 7.77. The van der Waals surface area contributed by atoms with Crippen LogP contribution in [0.1, 0.15) is 130 Å². The summed E-state index contributed by atoms with van der Waals surface area (Å²) in [5.74, 6) is -0.961. The number of hydrogen-bond acceptors (Lipinski definition) is 6. The summed E-state index contributed by atoms with van der Waals surface area (Å²) in [5.41, 5.74) is 0. The van der Waals surface area contributed by atoms with Crippen LogP contribution < -0.4 is 0 Å². The zero-order valence-corrected chi connectivity index (χ0v) is 21.2. The zero-order chi connectivity index (χ0) is 24.5. The maximum Gasteiger partial charge on any atom is 0.313 e. The van der Waals surface area contributed by atoms with Crippen molar-refractivity contribution in [1.82, 2.24) is 0 Å². The monoisotopic (exact) mass is 456 g/mol. The van der Waals surface area contributed by atoms with Gasteiger partial charge < -0.3 is 9.47 Å². The SMILES string of the molecule is CCCCCCCCCCCCCCCC(=O)CC(=O)OCC.CCOC(=O)CC(C)=O. The van der Waals surface area contributed by atoms with E-state index in [9.17, 15) is 19.2 Å². The Kier molecular flexibility index (Phi) is 25.9. The number of Topliss-reactive ketones (excluding diaryl/α,β-unsaturated/α-hetero) is 2. The largest absolute Gasteiger partial charge is 0.466 e. The van der Waals surface area contributed by atoms with E-state index in [4.69, 9.17) is 4.74 Å². The number of hydrogen-bond donors (Lipinski definition) is 0. The van der Waals surface area contributed by atoms with Crippen molar-refractivity contribution >= 4 is 23.5 Å². The Labute approximate surface area is 196 Å². The average molecular weight is 457 g/mol. The molecule has 0 aliphatic rings. The molecule has 6 heteroatoms. The molecule has 0 unspecified atom stereocenters. The first kappa shape index (κ1) is 32.5. The van der Waals surface area contributed by atoms with Crippen LogP contribution in [-0.2, 0) is 28.7 Å². The standard InChI is InChI=1S/C20H38O3.C6H10O3/c1-3-5-6-7-8-9-10-11-12-13-14-15-16-17-19(21)18-20(22)23-4-2;1-3-9-6(8)4-5(2)7/h3-18H2,1-2H3;3-4H2,1-2H3. The molecule has 0 radical (unpaired) electrons. The van der Waals surface area contributed by atoms with E-state index in [1.165, 1.54) is 77.6 Å². The van der Waals surface area contributed by atoms with Crippen LogP contribution >= 0.6 is 0 Å². The minimum Gasteiger partial charge on any atom is -0.466 e. The van der Waals surface area contributed by atoms with Gasteiger partial charge in [-0.15, -0.1) is 0 Å². The van der Waals surface area contributed by atoms with Crippen LogP contribution in [0.3, 0.4) is 0 Å². The highest BCUT2D eigenvalue weighted by atomic mass is 16.5. The summed E-state index contributed by atoms with van der Waals surface area (Å²) in [5, 5.41) is 0. The molecule has 0 fully saturated rings. The summed E-state index contributed by atoms with van der Waals surface area (Å²) in [6, 6.07) is 0. The number of ketones is 2. The molecule has 0 N–H and O–H groups in total. The number of carbonyl (C=O) groups excluding carboxylic acids is 4. The molecule has 0 aliphatic heterocycles. The normalized spacial score (nSPS) is 10.1. The number of ether oxygens (including phenoxy) is 2. The van der Waals surface area contributed by atoms with Gasteiger partial charge in [0.15, 0.2) is 0 Å². The second kappa shape index (κ2) is 25.5. The highest BCUT2D eigenvalue weighted by molar-refractivity contribution is 5.95. The third-order valence-corrected chi connectivity index (χ3v) is 4.90. The van der Waals surface area contributed by atoms with Crippen LogP contribution in [0.25, 0.3) is 0 Å². The van der Waals surface area contributed by atoms with Gasteiger partial charge in [-0.25, -0.2) is 0 Å². The number of esters is 2. The van der Waals surface area contributed by atoms with Gasteiger partial charge in [0.25, 0.3) is 0 Å². The molecule has 0 aliphatic carbocycles. The summed E-state index contributed by atoms with van der Waals surface area (Å²) in [7, 11) is 0. The van der Waals surface area contributed by atoms with Gasteiger partial charge in [0.05, 0.1) is 13.2 Å². The average Bonchev–Trinajstić information content (AvgIpc) is 2.71. The van der Waals surface area contributed by atoms with Crippen molar-refractivity contribution in [2.45, 2.75) is 130 Å². The predicted octanol–water partition coefficient (Wildman–Crippen LogP) is 6.52. The van der Waals surface area contributed by atoms with Crippen molar-refractivity contribution in [3.8, 4) is 0 Å². The molecular formula is C26H48O6. The van der Waals surface area contributed by atoms with Crippen LogP contribution in [0.4, 0.5) is 0 Å². The van der Waals surface area contributed by atoms with Crippen molar-refractivity contribution < 1.29 is 28.7 Å². The Morgan fingerprint density at radius 2 is 0.906 bits per heavy atom. The van der Waals surface area contributed by atoms with Gasteiger partial charge in [0.1, 0.15) is 24.4 Å². The van der Waals surface area contributed by atoms with E-state index in [1.54, 1.807) is 13.8 Å². The fourth-order valence-corrected chi connectivity index (χ4v) is 3.22. The second-order valence-corrected chi connectivity index (χ2v) is 8.20. The fraction of sp³-hybridized carbons (Fsp3) is 0.846. The van der Waals surface area contributed by atoms with E-state index in [0.29, 0.717) is 19.6 Å². The van der Waals surface area contributed by atoms with Crippen molar-refractivity contribution in [3.63, 3.8) is 0 Å². The van der Waals surface area contributed by atoms with E-state index < -0.39 is 5.97 Å². The lowest BCUT2D eigenvalue weighted by Gasteiger charge is -2.03. The number of unbranched alkanes of at least 4 members (excludes halogenated alkanes) is 12. The molecule has 0 atom stereocenters. The van der Waals surface area contributed by atoms with Crippen LogP contribution in [0.5, 0.6) is 0 Å². The molecule has 0 aromatic rings. The number of carbonyl (C=O) groups is 4. The zero-order valence-electron chi connectivity index (χ0n) is 21.2. The van der Waals surface area contributed by atoms with E-state index in [2.05, 4.69) is 11.7 Å². The van der Waals surface area contributed by atoms with Crippen molar-refractivity contribution in [1.29, 1.82) is 0 Å². The summed E-state index contributed by atoms with van der Waals surface area (Å²) < 4.78 is 9.26. The van der Waals surface area contributed by atoms with E-state index in [-0.39, 0.29) is 30.4 Å². The van der Waals surface area contributed by atoms with Gasteiger partial charge in [-0.3, -0.25) is 19.2 Å². The molecule has 0 heterocycles. The van der Waals surface area contributed by atoms with Crippen molar-refractivity contribution in [3.05, 3.63) is 0 Å². The highest BCUT2D eigenvalue weighted by Crippen LogP contribution is 2.13. The molecule has 0 spiro atoms. The first-order chi connectivity index (χ1) is 15.4. The van der Waals surface area contributed by atoms with Crippen LogP contribution in [-0.4, -0.2) is 36.7 Å². The van der Waals surface area contributed by atoms with Crippen molar-refractivity contribution in [2.24, 2.45) is 0 Å². The lowest BCUT2D eigenvalue weighted by atomic mass is 10.0. The summed E-state index contributed by atoms with van der Waals surface area (Å²) in [4.78, 5) is 43.3. The molecule has 0 rings (SSSR count). The molecule has 0 amide bonds. The van der Waals surface area contributed by atoms with E-state index in [1.807, 2.05) is 0 Å². The molecule has 0 bridgehead atoms. The molecule has 0 aromatic heterocycles. The molecule has 32 heavy (non-hydrogen) atoms. The Morgan fingerprint density at radius 3 is 1.28 bits per heavy atom. The first-order valence-electron chi connectivity index (χ1n) is 12.7. The molecule has 188 valence electrons. The minimum atomic E-state index is -0.440. The lowest BCUT2D eigenvalue weighted by molar-refractivity contribution is -0.146. The Bertz CT molecular complexity index is 487. The second-order valence-electron chi connectivity index (χ2n) is 8.20. The molecular weight excluding hydrogens is 408 g/mol. The molecule has 6 nitrogen and oxygen atoms in total. The lowest BCUT2D eigenvalue weighted by Crippen LogP contribution is -2.10. The molecule has 0 saturated carbocycles. The number of rotatable bonds is 20. The van der Waals surface area contributed by atoms with Gasteiger partial charge in [0, 0.05) is 6.42 Å². The summed E-state index contributed by atoms with van der Waals surface area (Å²) in [6.07, 6.45) is 17.3. The van der Waals surface area contributed by atoms with Crippen molar-refractivity contribution in [2.75, 3.05) is 13.2 Å². The molecule has 0 aromatic carbocycles. The van der Waals surface area contributed by atoms with Crippen LogP contribution in [0.2, 0.25) is 0 Å². The quantitative estimate of drug-likeness (QED) is 0.118. The maximum atomic E-state index is 11.5. The smallest absolute Gasteiger partial charge is 0.313 e. The van der Waals surface area contributed by atoms with Crippen LogP contribution in [0, 0.1) is 0 Å². The van der Waals surface area contributed by atoms with Crippen LogP contribution in [0.15, 0.2) is 0 Å². The minimum absolute atomic E-state index is 0.0199. The summed E-state index contributed by atoms with van der Waals surface area (Å²) >= 11 is 0. The van der Waals surface area contributed by atoms with Gasteiger partial charge in [-0.2, -0.15) is 0 Å². The topological polar surface area (TPSA) is 86.7 Å². The third-order valence-electron chi connectivity index (χ3n) is 4.90. The third kappa shape index (κ3) is 28.3. The predicted molar refractivity (Wildman–Crippen MR) is 129 cm³/mol. The van der Waals surface area contributed by atoms with E-state index in [0.717, 1.165) is 12.8 Å². The maximum absolute atomic E-state index is 11.5. The fourth-order valence-electron chi connectivity index (χ4n) is 3.22. The molecule has 0 saturated heterocycles. The first-order valence-corrected chi connectivity index (χ1v) is 12.7. The van der Waals surface area contributed by atoms with Gasteiger partial charge in [-0.1, -0.05) is 84.0 Å². The van der Waals surface area contributed by atoms with Gasteiger partial charge in [-0.05, 0) is 27.2 Å². The van der Waals surface area contributed by atoms with Gasteiger partial charge >= 0.3 is 11.9 Å². The van der Waals surface area contributed by atoms with E-state index >= 15 is 0 Å². The Balaban J connectivity index is 0. The van der Waals surface area contributed by atoms with Gasteiger partial charge in [0.2, 0.25) is 0 Å².